The van der Waals surface area contributed by atoms with Gasteiger partial charge in [-0.1, -0.05) is 24.3 Å². The highest BCUT2D eigenvalue weighted by molar-refractivity contribution is 5.77. The molecule has 1 saturated heterocycles. The van der Waals surface area contributed by atoms with Crippen LogP contribution in [0.2, 0.25) is 0 Å². The molecule has 1 aliphatic heterocycles. The maximum absolute atomic E-state index is 13.1. The van der Waals surface area contributed by atoms with Crippen LogP contribution in [0.5, 0.6) is 0 Å². The summed E-state index contributed by atoms with van der Waals surface area (Å²) in [4.78, 5) is 26.4. The van der Waals surface area contributed by atoms with Crippen LogP contribution in [-0.2, 0) is 16.1 Å². The monoisotopic (exact) mass is 370 g/mol. The van der Waals surface area contributed by atoms with Gasteiger partial charge in [-0.15, -0.1) is 0 Å². The van der Waals surface area contributed by atoms with Gasteiger partial charge in [0.1, 0.15) is 11.9 Å². The molecule has 1 fully saturated rings. The van der Waals surface area contributed by atoms with E-state index in [9.17, 15) is 14.0 Å². The molecule has 1 aromatic heterocycles. The Morgan fingerprint density at radius 2 is 1.93 bits per heavy atom. The van der Waals surface area contributed by atoms with Gasteiger partial charge in [-0.25, -0.2) is 9.18 Å². The molecule has 27 heavy (non-hydrogen) atoms. The molecule has 0 spiro atoms. The van der Waals surface area contributed by atoms with Crippen molar-refractivity contribution in [2.24, 2.45) is 0 Å². The number of aromatic nitrogens is 1. The summed E-state index contributed by atoms with van der Waals surface area (Å²) in [5.41, 5.74) is 2.03. The van der Waals surface area contributed by atoms with Crippen LogP contribution in [-0.4, -0.2) is 35.1 Å². The van der Waals surface area contributed by atoms with Gasteiger partial charge in [0.2, 0.25) is 5.91 Å². The maximum atomic E-state index is 13.1. The summed E-state index contributed by atoms with van der Waals surface area (Å²) in [5.74, 6) is -0.821. The fourth-order valence-corrected chi connectivity index (χ4v) is 3.35. The first-order chi connectivity index (χ1) is 13.1. The predicted octanol–water partition coefficient (Wildman–Crippen LogP) is 2.72. The molecule has 0 bridgehead atoms. The van der Waals surface area contributed by atoms with Gasteiger partial charge in [-0.05, 0) is 29.8 Å². The number of halogens is 1. The van der Waals surface area contributed by atoms with Gasteiger partial charge in [0.05, 0.1) is 18.7 Å². The van der Waals surface area contributed by atoms with Gasteiger partial charge >= 0.3 is 5.76 Å². The summed E-state index contributed by atoms with van der Waals surface area (Å²) in [6.07, 6.45) is -0.0830. The van der Waals surface area contributed by atoms with Crippen molar-refractivity contribution in [1.82, 2.24) is 9.47 Å². The van der Waals surface area contributed by atoms with E-state index in [0.717, 1.165) is 5.56 Å². The van der Waals surface area contributed by atoms with Crippen molar-refractivity contribution in [3.63, 3.8) is 0 Å². The van der Waals surface area contributed by atoms with Crippen molar-refractivity contribution in [3.8, 4) is 0 Å². The SMILES string of the molecule is O=C(CCn1c(=O)oc2ccccc21)N1CCOC(c2ccc(F)cc2)C1. The number of para-hydroxylation sites is 2. The van der Waals surface area contributed by atoms with Crippen molar-refractivity contribution in [2.45, 2.75) is 19.1 Å². The number of hydrogen-bond acceptors (Lipinski definition) is 4. The number of carbonyl (C=O) groups excluding carboxylic acids is 1. The Morgan fingerprint density at radius 3 is 2.74 bits per heavy atom. The number of morpholine rings is 1. The fraction of sp³-hybridized carbons (Fsp3) is 0.300. The molecule has 4 rings (SSSR count). The van der Waals surface area contributed by atoms with E-state index in [2.05, 4.69) is 0 Å². The highest BCUT2D eigenvalue weighted by Gasteiger charge is 2.25. The first kappa shape index (κ1) is 17.5. The number of carbonyl (C=O) groups is 1. The number of nitrogens with zero attached hydrogens (tertiary/aromatic N) is 2. The van der Waals surface area contributed by atoms with Crippen molar-refractivity contribution < 1.29 is 18.3 Å². The number of amides is 1. The maximum Gasteiger partial charge on any atom is 0.419 e. The van der Waals surface area contributed by atoms with Crippen LogP contribution in [0.1, 0.15) is 18.1 Å². The number of ether oxygens (including phenoxy) is 1. The average Bonchev–Trinajstić information content (AvgIpc) is 3.02. The van der Waals surface area contributed by atoms with Crippen LogP contribution in [0.25, 0.3) is 11.1 Å². The van der Waals surface area contributed by atoms with Crippen molar-refractivity contribution in [2.75, 3.05) is 19.7 Å². The molecule has 1 unspecified atom stereocenters. The van der Waals surface area contributed by atoms with Crippen molar-refractivity contribution in [1.29, 1.82) is 0 Å². The van der Waals surface area contributed by atoms with Gasteiger partial charge in [0.15, 0.2) is 5.58 Å². The highest BCUT2D eigenvalue weighted by atomic mass is 19.1. The van der Waals surface area contributed by atoms with Crippen LogP contribution >= 0.6 is 0 Å². The largest absolute Gasteiger partial charge is 0.419 e. The molecule has 6 nitrogen and oxygen atoms in total. The minimum Gasteiger partial charge on any atom is -0.408 e. The van der Waals surface area contributed by atoms with Crippen molar-refractivity contribution >= 4 is 17.0 Å². The first-order valence-corrected chi connectivity index (χ1v) is 8.85. The Hall–Kier alpha value is -2.93. The number of fused-ring (bicyclic) bond motifs is 1. The van der Waals surface area contributed by atoms with Gasteiger partial charge in [-0.2, -0.15) is 0 Å². The lowest BCUT2D eigenvalue weighted by atomic mass is 10.1. The van der Waals surface area contributed by atoms with Crippen LogP contribution < -0.4 is 5.76 Å². The minimum absolute atomic E-state index is 0.0532. The van der Waals surface area contributed by atoms with E-state index < -0.39 is 5.76 Å². The van der Waals surface area contributed by atoms with E-state index >= 15 is 0 Å². The standard InChI is InChI=1S/C20H19FN2O4/c21-15-7-5-14(6-8-15)18-13-22(11-12-26-18)19(24)9-10-23-16-3-1-2-4-17(16)27-20(23)25/h1-8,18H,9-13H2. The Labute approximate surface area is 154 Å². The molecule has 2 aromatic carbocycles. The molecule has 1 atom stereocenters. The van der Waals surface area contributed by atoms with E-state index in [-0.39, 0.29) is 30.8 Å². The van der Waals surface area contributed by atoms with Crippen LogP contribution in [0.4, 0.5) is 4.39 Å². The molecule has 140 valence electrons. The molecule has 7 heteroatoms. The van der Waals surface area contributed by atoms with Crippen LogP contribution in [0.15, 0.2) is 57.7 Å². The lowest BCUT2D eigenvalue weighted by Crippen LogP contribution is -2.42. The number of hydrogen-bond donors (Lipinski definition) is 0. The quantitative estimate of drug-likeness (QED) is 0.708. The lowest BCUT2D eigenvalue weighted by molar-refractivity contribution is -0.139. The lowest BCUT2D eigenvalue weighted by Gasteiger charge is -2.33. The summed E-state index contributed by atoms with van der Waals surface area (Å²) in [7, 11) is 0. The molecule has 1 amide bonds. The van der Waals surface area contributed by atoms with Crippen LogP contribution in [0.3, 0.4) is 0 Å². The molecule has 0 N–H and O–H groups in total. The third-order valence-electron chi connectivity index (χ3n) is 4.78. The zero-order valence-corrected chi connectivity index (χ0v) is 14.6. The van der Waals surface area contributed by atoms with E-state index in [1.165, 1.54) is 16.7 Å². The number of aryl methyl sites for hydroxylation is 1. The van der Waals surface area contributed by atoms with E-state index in [1.54, 1.807) is 35.2 Å². The Bertz CT molecular complexity index is 1010. The van der Waals surface area contributed by atoms with Crippen molar-refractivity contribution in [3.05, 3.63) is 70.5 Å². The van der Waals surface area contributed by atoms with Gasteiger partial charge < -0.3 is 14.1 Å². The van der Waals surface area contributed by atoms with Gasteiger partial charge in [0, 0.05) is 19.5 Å². The Morgan fingerprint density at radius 1 is 1.15 bits per heavy atom. The number of benzene rings is 2. The molecular formula is C20H19FN2O4. The highest BCUT2D eigenvalue weighted by Crippen LogP contribution is 2.23. The zero-order chi connectivity index (χ0) is 18.8. The second-order valence-corrected chi connectivity index (χ2v) is 6.49. The average molecular weight is 370 g/mol. The second kappa shape index (κ2) is 7.36. The summed E-state index contributed by atoms with van der Waals surface area (Å²) in [6, 6.07) is 13.3. The van der Waals surface area contributed by atoms with E-state index in [0.29, 0.717) is 30.8 Å². The second-order valence-electron chi connectivity index (χ2n) is 6.49. The molecule has 0 radical (unpaired) electrons. The normalized spacial score (nSPS) is 17.4. The Kier molecular flexibility index (Phi) is 4.77. The molecule has 1 aliphatic rings. The third-order valence-corrected chi connectivity index (χ3v) is 4.78. The molecule has 3 aromatic rings. The molecule has 2 heterocycles. The zero-order valence-electron chi connectivity index (χ0n) is 14.6. The fourth-order valence-electron chi connectivity index (χ4n) is 3.35. The van der Waals surface area contributed by atoms with E-state index in [1.807, 2.05) is 6.07 Å². The number of oxazole rings is 1. The molecular weight excluding hydrogens is 351 g/mol. The smallest absolute Gasteiger partial charge is 0.408 e. The van der Waals surface area contributed by atoms with E-state index in [4.69, 9.17) is 9.15 Å². The first-order valence-electron chi connectivity index (χ1n) is 8.85. The summed E-state index contributed by atoms with van der Waals surface area (Å²) >= 11 is 0. The molecule has 0 saturated carbocycles. The van der Waals surface area contributed by atoms with Gasteiger partial charge in [0.25, 0.3) is 0 Å². The predicted molar refractivity (Wildman–Crippen MR) is 96.8 cm³/mol. The summed E-state index contributed by atoms with van der Waals surface area (Å²) in [6.45, 7) is 1.58. The summed E-state index contributed by atoms with van der Waals surface area (Å²) < 4.78 is 25.5. The molecule has 0 aliphatic carbocycles. The topological polar surface area (TPSA) is 64.7 Å². The minimum atomic E-state index is -0.463. The van der Waals surface area contributed by atoms with Crippen LogP contribution in [0, 0.1) is 5.82 Å². The Balaban J connectivity index is 1.42. The number of rotatable bonds is 4. The van der Waals surface area contributed by atoms with Gasteiger partial charge in [-0.3, -0.25) is 9.36 Å². The third kappa shape index (κ3) is 3.64. The summed E-state index contributed by atoms with van der Waals surface area (Å²) in [5, 5.41) is 0.